The van der Waals surface area contributed by atoms with Crippen LogP contribution < -0.4 is 10.6 Å². The van der Waals surface area contributed by atoms with Gasteiger partial charge in [-0.1, -0.05) is 31.4 Å². The molecular weight excluding hydrogens is 448 g/mol. The van der Waals surface area contributed by atoms with Crippen molar-refractivity contribution in [3.8, 4) is 10.4 Å². The summed E-state index contributed by atoms with van der Waals surface area (Å²) >= 11 is 1.52. The Morgan fingerprint density at radius 1 is 1.26 bits per heavy atom. The molecule has 1 saturated heterocycles. The average Bonchev–Trinajstić information content (AvgIpc) is 3.62. The van der Waals surface area contributed by atoms with Crippen LogP contribution >= 0.6 is 11.3 Å². The first-order valence-electron chi connectivity index (χ1n) is 12.1. The summed E-state index contributed by atoms with van der Waals surface area (Å²) in [6.45, 7) is 1.39. The quantitative estimate of drug-likeness (QED) is 0.415. The lowest BCUT2D eigenvalue weighted by Gasteiger charge is -2.23. The maximum Gasteiger partial charge on any atom is 0.343 e. The number of imidazole rings is 1. The zero-order chi connectivity index (χ0) is 23.4. The number of anilines is 2. The van der Waals surface area contributed by atoms with Gasteiger partial charge >= 0.3 is 5.97 Å². The number of hydrogen-bond donors (Lipinski definition) is 2. The van der Waals surface area contributed by atoms with Gasteiger partial charge in [0.2, 0.25) is 0 Å². The number of aliphatic hydroxyl groups is 1. The Bertz CT molecular complexity index is 1290. The molecule has 2 unspecified atom stereocenters. The van der Waals surface area contributed by atoms with Crippen LogP contribution in [0.2, 0.25) is 0 Å². The Morgan fingerprint density at radius 3 is 2.85 bits per heavy atom. The number of nitrogen functional groups attached to an aromatic ring is 1. The normalized spacial score (nSPS) is 22.9. The molecule has 2 aromatic heterocycles. The van der Waals surface area contributed by atoms with Gasteiger partial charge in [0.05, 0.1) is 41.1 Å². The van der Waals surface area contributed by atoms with Gasteiger partial charge in [-0.15, -0.1) is 11.3 Å². The van der Waals surface area contributed by atoms with Crippen LogP contribution in [-0.2, 0) is 4.74 Å². The lowest BCUT2D eigenvalue weighted by molar-refractivity contribution is 0.0603. The highest BCUT2D eigenvalue weighted by molar-refractivity contribution is 7.20. The first-order chi connectivity index (χ1) is 16.5. The predicted molar refractivity (Wildman–Crippen MR) is 135 cm³/mol. The Morgan fingerprint density at radius 2 is 2.09 bits per heavy atom. The van der Waals surface area contributed by atoms with Gasteiger partial charge in [-0.2, -0.15) is 0 Å². The number of carbonyl (C=O) groups is 1. The second kappa shape index (κ2) is 8.43. The average molecular weight is 479 g/mol. The van der Waals surface area contributed by atoms with Crippen LogP contribution in [0.3, 0.4) is 0 Å². The molecule has 3 aromatic rings. The summed E-state index contributed by atoms with van der Waals surface area (Å²) in [4.78, 5) is 20.5. The standard InChI is InChI=1S/C26H30N4O3S/c1-33-26(32)22-23(27)24(34-25(22)29-12-16-8-10-21(31)18(16)13-29)15-7-9-20-19(11-15)28-14-30(20)17-5-3-2-4-6-17/h7-9,11,14,17-18,21,31H,2-6,10,12-13,27H2,1H3. The van der Waals surface area contributed by atoms with Crippen LogP contribution in [0.4, 0.5) is 10.7 Å². The minimum Gasteiger partial charge on any atom is -0.465 e. The number of benzene rings is 1. The van der Waals surface area contributed by atoms with Gasteiger partial charge in [0, 0.05) is 25.0 Å². The van der Waals surface area contributed by atoms with Crippen LogP contribution in [0, 0.1) is 5.92 Å². The fraction of sp³-hybridized carbons (Fsp3) is 0.462. The van der Waals surface area contributed by atoms with E-state index in [1.165, 1.54) is 56.1 Å². The molecule has 2 fully saturated rings. The van der Waals surface area contributed by atoms with Gasteiger partial charge in [0.15, 0.2) is 0 Å². The van der Waals surface area contributed by atoms with Crippen molar-refractivity contribution in [3.05, 3.63) is 41.7 Å². The molecule has 3 N–H and O–H groups in total. The third kappa shape index (κ3) is 3.43. The molecule has 8 heteroatoms. The first kappa shape index (κ1) is 21.7. The van der Waals surface area contributed by atoms with E-state index in [0.29, 0.717) is 36.8 Å². The molecule has 7 nitrogen and oxygen atoms in total. The second-order valence-electron chi connectivity index (χ2n) is 9.73. The van der Waals surface area contributed by atoms with Gasteiger partial charge < -0.3 is 25.0 Å². The molecular formula is C26H30N4O3S. The van der Waals surface area contributed by atoms with Crippen LogP contribution in [0.1, 0.15) is 54.9 Å². The van der Waals surface area contributed by atoms with Crippen LogP contribution in [0.5, 0.6) is 0 Å². The van der Waals surface area contributed by atoms with E-state index < -0.39 is 5.97 Å². The summed E-state index contributed by atoms with van der Waals surface area (Å²) in [5.74, 6) is -0.304. The number of thiophene rings is 1. The highest BCUT2D eigenvalue weighted by Crippen LogP contribution is 2.48. The summed E-state index contributed by atoms with van der Waals surface area (Å²) < 4.78 is 7.43. The highest BCUT2D eigenvalue weighted by Gasteiger charge is 2.39. The van der Waals surface area contributed by atoms with Crippen molar-refractivity contribution in [3.63, 3.8) is 0 Å². The summed E-state index contributed by atoms with van der Waals surface area (Å²) in [6.07, 6.45) is 10.7. The van der Waals surface area contributed by atoms with Crippen LogP contribution in [-0.4, -0.2) is 46.9 Å². The Hall–Kier alpha value is -2.84. The number of esters is 1. The van der Waals surface area contributed by atoms with Crippen LogP contribution in [0.25, 0.3) is 21.5 Å². The van der Waals surface area contributed by atoms with Gasteiger partial charge in [0.25, 0.3) is 0 Å². The van der Waals surface area contributed by atoms with E-state index in [2.05, 4.69) is 33.7 Å². The summed E-state index contributed by atoms with van der Waals surface area (Å²) in [5.41, 5.74) is 11.7. The van der Waals surface area contributed by atoms with Gasteiger partial charge in [-0.25, -0.2) is 9.78 Å². The molecule has 3 aliphatic rings. The molecule has 6 rings (SSSR count). The molecule has 0 spiro atoms. The Balaban J connectivity index is 1.38. The van der Waals surface area contributed by atoms with Crippen molar-refractivity contribution < 1.29 is 14.6 Å². The molecule has 0 radical (unpaired) electrons. The fourth-order valence-corrected chi connectivity index (χ4v) is 7.14. The monoisotopic (exact) mass is 478 g/mol. The molecule has 2 atom stereocenters. The van der Waals surface area contributed by atoms with Gasteiger partial charge in [-0.05, 0) is 42.5 Å². The predicted octanol–water partition coefficient (Wildman–Crippen LogP) is 4.77. The minimum absolute atomic E-state index is 0.123. The van der Waals surface area contributed by atoms with E-state index in [1.54, 1.807) is 0 Å². The lowest BCUT2D eigenvalue weighted by Crippen LogP contribution is -2.25. The first-order valence-corrected chi connectivity index (χ1v) is 13.0. The van der Waals surface area contributed by atoms with Crippen LogP contribution in [0.15, 0.2) is 36.2 Å². The number of nitrogens with two attached hydrogens (primary N) is 1. The Kier molecular flexibility index (Phi) is 5.37. The third-order valence-electron chi connectivity index (χ3n) is 7.76. The van der Waals surface area contributed by atoms with Gasteiger partial charge in [0.1, 0.15) is 10.6 Å². The third-order valence-corrected chi connectivity index (χ3v) is 9.08. The number of carbonyl (C=O) groups excluding carboxylic acids is 1. The maximum absolute atomic E-state index is 12.8. The van der Waals surface area contributed by atoms with E-state index in [1.807, 2.05) is 6.33 Å². The summed E-state index contributed by atoms with van der Waals surface area (Å²) in [5, 5.41) is 11.1. The number of aliphatic hydroxyl groups excluding tert-OH is 1. The van der Waals surface area contributed by atoms with Crippen molar-refractivity contribution in [2.45, 2.75) is 50.7 Å². The zero-order valence-corrected chi connectivity index (χ0v) is 20.2. The molecule has 178 valence electrons. The molecule has 0 bridgehead atoms. The van der Waals surface area contributed by atoms with E-state index in [0.717, 1.165) is 26.5 Å². The molecule has 2 aliphatic carbocycles. The van der Waals surface area contributed by atoms with Crippen molar-refractivity contribution in [2.75, 3.05) is 30.8 Å². The molecule has 1 saturated carbocycles. The second-order valence-corrected chi connectivity index (χ2v) is 10.7. The maximum atomic E-state index is 12.8. The van der Waals surface area contributed by atoms with E-state index in [9.17, 15) is 9.90 Å². The number of rotatable bonds is 4. The van der Waals surface area contributed by atoms with Crippen molar-refractivity contribution >= 4 is 39.0 Å². The zero-order valence-electron chi connectivity index (χ0n) is 19.4. The molecule has 3 heterocycles. The molecule has 1 aliphatic heterocycles. The largest absolute Gasteiger partial charge is 0.465 e. The van der Waals surface area contributed by atoms with E-state index in [-0.39, 0.29) is 12.0 Å². The number of fused-ring (bicyclic) bond motifs is 2. The van der Waals surface area contributed by atoms with Crippen molar-refractivity contribution in [1.29, 1.82) is 0 Å². The number of aromatic nitrogens is 2. The SMILES string of the molecule is COC(=O)c1c(N2CC3=CCC(O)C3C2)sc(-c2ccc3c(c2)ncn3C2CCCCC2)c1N. The fourth-order valence-electron chi connectivity index (χ4n) is 5.92. The smallest absolute Gasteiger partial charge is 0.343 e. The topological polar surface area (TPSA) is 93.6 Å². The number of nitrogens with zero attached hydrogens (tertiary/aromatic N) is 3. The van der Waals surface area contributed by atoms with E-state index in [4.69, 9.17) is 15.5 Å². The molecule has 1 aromatic carbocycles. The minimum atomic E-state index is -0.427. The summed E-state index contributed by atoms with van der Waals surface area (Å²) in [6, 6.07) is 6.81. The molecule has 34 heavy (non-hydrogen) atoms. The van der Waals surface area contributed by atoms with Crippen molar-refractivity contribution in [2.24, 2.45) is 5.92 Å². The van der Waals surface area contributed by atoms with E-state index >= 15 is 0 Å². The highest BCUT2D eigenvalue weighted by atomic mass is 32.1. The Labute approximate surface area is 202 Å². The number of ether oxygens (including phenoxy) is 1. The summed E-state index contributed by atoms with van der Waals surface area (Å²) in [7, 11) is 1.39. The number of hydrogen-bond acceptors (Lipinski definition) is 7. The lowest BCUT2D eigenvalue weighted by atomic mass is 9.95. The molecule has 0 amide bonds. The van der Waals surface area contributed by atoms with Crippen molar-refractivity contribution in [1.82, 2.24) is 9.55 Å². The number of methoxy groups -OCH3 is 1. The van der Waals surface area contributed by atoms with Gasteiger partial charge in [-0.3, -0.25) is 0 Å².